The van der Waals surface area contributed by atoms with Crippen LogP contribution in [-0.4, -0.2) is 10.1 Å². The SMILES string of the molecule is CCCC(O)(Cc1cccnc1)c1ccccc1. The highest BCUT2D eigenvalue weighted by Gasteiger charge is 2.28. The minimum atomic E-state index is -0.793. The van der Waals surface area contributed by atoms with Crippen LogP contribution in [0.5, 0.6) is 0 Å². The monoisotopic (exact) mass is 241 g/mol. The van der Waals surface area contributed by atoms with Gasteiger partial charge in [0.1, 0.15) is 0 Å². The number of rotatable bonds is 5. The van der Waals surface area contributed by atoms with Crippen LogP contribution in [-0.2, 0) is 12.0 Å². The van der Waals surface area contributed by atoms with Gasteiger partial charge in [0.05, 0.1) is 5.60 Å². The number of aromatic nitrogens is 1. The van der Waals surface area contributed by atoms with Gasteiger partial charge >= 0.3 is 0 Å². The molecule has 1 aromatic carbocycles. The van der Waals surface area contributed by atoms with Crippen LogP contribution < -0.4 is 0 Å². The lowest BCUT2D eigenvalue weighted by molar-refractivity contribution is 0.0268. The molecule has 1 heterocycles. The lowest BCUT2D eigenvalue weighted by Crippen LogP contribution is -2.28. The molecule has 0 fully saturated rings. The fraction of sp³-hybridized carbons (Fsp3) is 0.312. The third-order valence-electron chi connectivity index (χ3n) is 3.19. The number of hydrogen-bond donors (Lipinski definition) is 1. The third-order valence-corrected chi connectivity index (χ3v) is 3.19. The Kier molecular flexibility index (Phi) is 4.11. The van der Waals surface area contributed by atoms with E-state index in [1.165, 1.54) is 0 Å². The summed E-state index contributed by atoms with van der Waals surface area (Å²) in [5.41, 5.74) is 1.26. The summed E-state index contributed by atoms with van der Waals surface area (Å²) in [7, 11) is 0. The summed E-state index contributed by atoms with van der Waals surface area (Å²) in [5.74, 6) is 0. The van der Waals surface area contributed by atoms with Crippen LogP contribution in [0.25, 0.3) is 0 Å². The molecule has 0 bridgehead atoms. The molecule has 1 unspecified atom stereocenters. The van der Waals surface area contributed by atoms with Crippen LogP contribution in [0.4, 0.5) is 0 Å². The number of nitrogens with zero attached hydrogens (tertiary/aromatic N) is 1. The molecule has 0 aliphatic heterocycles. The first-order valence-electron chi connectivity index (χ1n) is 6.41. The van der Waals surface area contributed by atoms with Crippen LogP contribution in [0.2, 0.25) is 0 Å². The van der Waals surface area contributed by atoms with Gasteiger partial charge in [-0.15, -0.1) is 0 Å². The van der Waals surface area contributed by atoms with Crippen molar-refractivity contribution in [3.63, 3.8) is 0 Å². The van der Waals surface area contributed by atoms with Crippen LogP contribution in [0.1, 0.15) is 30.9 Å². The van der Waals surface area contributed by atoms with Crippen LogP contribution in [0.3, 0.4) is 0 Å². The predicted octanol–water partition coefficient (Wildman–Crippen LogP) is 3.31. The Morgan fingerprint density at radius 3 is 2.50 bits per heavy atom. The van der Waals surface area contributed by atoms with Gasteiger partial charge < -0.3 is 5.11 Å². The van der Waals surface area contributed by atoms with E-state index in [0.717, 1.165) is 24.0 Å². The van der Waals surface area contributed by atoms with Crippen molar-refractivity contribution in [2.45, 2.75) is 31.8 Å². The van der Waals surface area contributed by atoms with Crippen molar-refractivity contribution in [1.29, 1.82) is 0 Å². The lowest BCUT2D eigenvalue weighted by atomic mass is 9.84. The third kappa shape index (κ3) is 2.96. The summed E-state index contributed by atoms with van der Waals surface area (Å²) in [6.45, 7) is 2.09. The molecular weight excluding hydrogens is 222 g/mol. The Balaban J connectivity index is 2.27. The molecular formula is C16H19NO. The van der Waals surface area contributed by atoms with E-state index in [9.17, 15) is 5.11 Å². The van der Waals surface area contributed by atoms with Gasteiger partial charge in [-0.3, -0.25) is 4.98 Å². The molecule has 1 N–H and O–H groups in total. The molecule has 2 aromatic rings. The summed E-state index contributed by atoms with van der Waals surface area (Å²) >= 11 is 0. The van der Waals surface area contributed by atoms with Crippen molar-refractivity contribution in [1.82, 2.24) is 4.98 Å². The Morgan fingerprint density at radius 1 is 1.11 bits per heavy atom. The van der Waals surface area contributed by atoms with Crippen molar-refractivity contribution in [3.05, 3.63) is 66.0 Å². The zero-order valence-corrected chi connectivity index (χ0v) is 10.7. The predicted molar refractivity (Wildman–Crippen MR) is 73.2 cm³/mol. The van der Waals surface area contributed by atoms with E-state index in [-0.39, 0.29) is 0 Å². The normalized spacial score (nSPS) is 14.1. The maximum atomic E-state index is 10.9. The second-order valence-electron chi connectivity index (χ2n) is 4.69. The summed E-state index contributed by atoms with van der Waals surface area (Å²) in [6.07, 6.45) is 5.89. The quantitative estimate of drug-likeness (QED) is 0.871. The molecule has 0 radical (unpaired) electrons. The fourth-order valence-electron chi connectivity index (χ4n) is 2.34. The van der Waals surface area contributed by atoms with Crippen LogP contribution in [0, 0.1) is 0 Å². The highest BCUT2D eigenvalue weighted by Crippen LogP contribution is 2.30. The Hall–Kier alpha value is -1.67. The summed E-state index contributed by atoms with van der Waals surface area (Å²) in [5, 5.41) is 10.9. The number of aliphatic hydroxyl groups is 1. The zero-order chi connectivity index (χ0) is 12.8. The molecule has 0 spiro atoms. The Morgan fingerprint density at radius 2 is 1.89 bits per heavy atom. The van der Waals surface area contributed by atoms with E-state index in [0.29, 0.717) is 6.42 Å². The van der Waals surface area contributed by atoms with Crippen molar-refractivity contribution < 1.29 is 5.11 Å². The van der Waals surface area contributed by atoms with E-state index < -0.39 is 5.60 Å². The molecule has 0 amide bonds. The largest absolute Gasteiger partial charge is 0.385 e. The molecule has 1 aromatic heterocycles. The number of pyridine rings is 1. The minimum absolute atomic E-state index is 0.610. The first-order chi connectivity index (χ1) is 8.74. The summed E-state index contributed by atoms with van der Waals surface area (Å²) in [4.78, 5) is 4.11. The van der Waals surface area contributed by atoms with E-state index in [2.05, 4.69) is 11.9 Å². The molecule has 1 atom stereocenters. The fourth-order valence-corrected chi connectivity index (χ4v) is 2.34. The van der Waals surface area contributed by atoms with E-state index in [4.69, 9.17) is 0 Å². The molecule has 0 aliphatic rings. The van der Waals surface area contributed by atoms with Crippen molar-refractivity contribution in [2.24, 2.45) is 0 Å². The first kappa shape index (κ1) is 12.8. The number of hydrogen-bond acceptors (Lipinski definition) is 2. The molecule has 2 rings (SSSR count). The van der Waals surface area contributed by atoms with E-state index in [1.807, 2.05) is 48.7 Å². The van der Waals surface area contributed by atoms with Gasteiger partial charge in [0.15, 0.2) is 0 Å². The molecule has 0 saturated carbocycles. The van der Waals surface area contributed by atoms with Gasteiger partial charge in [0, 0.05) is 18.8 Å². The lowest BCUT2D eigenvalue weighted by Gasteiger charge is -2.28. The smallest absolute Gasteiger partial charge is 0.0937 e. The minimum Gasteiger partial charge on any atom is -0.385 e. The Labute approximate surface area is 108 Å². The average Bonchev–Trinajstić information content (AvgIpc) is 2.41. The van der Waals surface area contributed by atoms with Crippen molar-refractivity contribution in [2.75, 3.05) is 0 Å². The van der Waals surface area contributed by atoms with E-state index >= 15 is 0 Å². The highest BCUT2D eigenvalue weighted by atomic mass is 16.3. The van der Waals surface area contributed by atoms with Gasteiger partial charge in [-0.2, -0.15) is 0 Å². The van der Waals surface area contributed by atoms with Crippen molar-refractivity contribution in [3.8, 4) is 0 Å². The standard InChI is InChI=1S/C16H19NO/c1-2-10-16(18,15-8-4-3-5-9-15)12-14-7-6-11-17-13-14/h3-9,11,13,18H,2,10,12H2,1H3. The number of benzene rings is 1. The van der Waals surface area contributed by atoms with Gasteiger partial charge in [0.25, 0.3) is 0 Å². The molecule has 94 valence electrons. The highest BCUT2D eigenvalue weighted by molar-refractivity contribution is 5.25. The second kappa shape index (κ2) is 5.78. The van der Waals surface area contributed by atoms with Crippen LogP contribution >= 0.6 is 0 Å². The maximum Gasteiger partial charge on any atom is 0.0937 e. The molecule has 0 aliphatic carbocycles. The first-order valence-corrected chi connectivity index (χ1v) is 6.41. The second-order valence-corrected chi connectivity index (χ2v) is 4.69. The molecule has 0 saturated heterocycles. The zero-order valence-electron chi connectivity index (χ0n) is 10.7. The maximum absolute atomic E-state index is 10.9. The van der Waals surface area contributed by atoms with Gasteiger partial charge in [0.2, 0.25) is 0 Å². The molecule has 2 heteroatoms. The Bertz CT molecular complexity index is 469. The topological polar surface area (TPSA) is 33.1 Å². The van der Waals surface area contributed by atoms with E-state index in [1.54, 1.807) is 6.20 Å². The van der Waals surface area contributed by atoms with Gasteiger partial charge in [-0.25, -0.2) is 0 Å². The van der Waals surface area contributed by atoms with Gasteiger partial charge in [-0.1, -0.05) is 49.7 Å². The average molecular weight is 241 g/mol. The van der Waals surface area contributed by atoms with Crippen LogP contribution in [0.15, 0.2) is 54.9 Å². The summed E-state index contributed by atoms with van der Waals surface area (Å²) < 4.78 is 0. The van der Waals surface area contributed by atoms with Gasteiger partial charge in [-0.05, 0) is 23.6 Å². The molecule has 2 nitrogen and oxygen atoms in total. The van der Waals surface area contributed by atoms with Crippen molar-refractivity contribution >= 4 is 0 Å². The molecule has 18 heavy (non-hydrogen) atoms. The summed E-state index contributed by atoms with van der Waals surface area (Å²) in [6, 6.07) is 13.8.